The van der Waals surface area contributed by atoms with Crippen LogP contribution in [0, 0.1) is 0 Å². The van der Waals surface area contributed by atoms with Gasteiger partial charge in [0.25, 0.3) is 0 Å². The van der Waals surface area contributed by atoms with E-state index in [9.17, 15) is 5.11 Å². The summed E-state index contributed by atoms with van der Waals surface area (Å²) < 4.78 is 17.4. The Morgan fingerprint density at radius 2 is 1.57 bits per heavy atom. The Hall–Kier alpha value is -1.46. The molecule has 0 saturated carbocycles. The first-order chi connectivity index (χ1) is 11.2. The SMILES string of the molecule is COc1cc(C[N+]2(CCCO)CCCCC2)cc(OC)c1OC. The molecule has 0 amide bonds. The summed E-state index contributed by atoms with van der Waals surface area (Å²) in [6.45, 7) is 4.58. The molecule has 1 aliphatic rings. The van der Waals surface area contributed by atoms with Crippen molar-refractivity contribution in [3.05, 3.63) is 17.7 Å². The predicted octanol–water partition coefficient (Wildman–Crippen LogP) is 2.60. The highest BCUT2D eigenvalue weighted by atomic mass is 16.5. The van der Waals surface area contributed by atoms with Gasteiger partial charge in [0.05, 0.1) is 41.0 Å². The molecule has 1 heterocycles. The first kappa shape index (κ1) is 17.9. The molecule has 1 saturated heterocycles. The molecule has 23 heavy (non-hydrogen) atoms. The van der Waals surface area contributed by atoms with Crippen molar-refractivity contribution in [1.29, 1.82) is 0 Å². The van der Waals surface area contributed by atoms with Crippen molar-refractivity contribution in [1.82, 2.24) is 0 Å². The number of hydrogen-bond donors (Lipinski definition) is 1. The van der Waals surface area contributed by atoms with Crippen LogP contribution in [0.4, 0.5) is 0 Å². The molecule has 5 nitrogen and oxygen atoms in total. The molecule has 1 aromatic carbocycles. The lowest BCUT2D eigenvalue weighted by Crippen LogP contribution is -2.51. The number of methoxy groups -OCH3 is 3. The summed E-state index contributed by atoms with van der Waals surface area (Å²) in [5, 5.41) is 9.24. The maximum absolute atomic E-state index is 9.24. The van der Waals surface area contributed by atoms with Crippen LogP contribution in [0.2, 0.25) is 0 Å². The summed E-state index contributed by atoms with van der Waals surface area (Å²) in [6.07, 6.45) is 4.69. The van der Waals surface area contributed by atoms with Crippen LogP contribution in [0.15, 0.2) is 12.1 Å². The van der Waals surface area contributed by atoms with Crippen molar-refractivity contribution in [2.45, 2.75) is 32.2 Å². The van der Waals surface area contributed by atoms with Crippen LogP contribution in [0.3, 0.4) is 0 Å². The lowest BCUT2D eigenvalue weighted by molar-refractivity contribution is -0.945. The number of ether oxygens (including phenoxy) is 3. The first-order valence-electron chi connectivity index (χ1n) is 8.43. The van der Waals surface area contributed by atoms with Crippen molar-refractivity contribution in [3.63, 3.8) is 0 Å². The molecule has 0 unspecified atom stereocenters. The van der Waals surface area contributed by atoms with Crippen LogP contribution in [0.5, 0.6) is 17.2 Å². The van der Waals surface area contributed by atoms with E-state index in [0.29, 0.717) is 17.2 Å². The van der Waals surface area contributed by atoms with Crippen LogP contribution in [-0.4, -0.2) is 57.2 Å². The Labute approximate surface area is 139 Å². The maximum Gasteiger partial charge on any atom is 0.203 e. The molecule has 0 aromatic heterocycles. The van der Waals surface area contributed by atoms with Gasteiger partial charge < -0.3 is 23.8 Å². The molecule has 0 spiro atoms. The largest absolute Gasteiger partial charge is 0.493 e. The van der Waals surface area contributed by atoms with Crippen molar-refractivity contribution in [3.8, 4) is 17.2 Å². The Bertz CT molecular complexity index is 473. The normalized spacial score (nSPS) is 16.9. The summed E-state index contributed by atoms with van der Waals surface area (Å²) in [5.41, 5.74) is 1.19. The molecule has 0 aliphatic carbocycles. The number of piperidine rings is 1. The minimum atomic E-state index is 0.259. The molecule has 0 radical (unpaired) electrons. The van der Waals surface area contributed by atoms with Gasteiger partial charge in [-0.3, -0.25) is 0 Å². The fourth-order valence-electron chi connectivity index (χ4n) is 3.66. The minimum absolute atomic E-state index is 0.259. The fourth-order valence-corrected chi connectivity index (χ4v) is 3.66. The number of hydrogen-bond acceptors (Lipinski definition) is 4. The van der Waals surface area contributed by atoms with Crippen molar-refractivity contribution >= 4 is 0 Å². The van der Waals surface area contributed by atoms with Crippen LogP contribution < -0.4 is 14.2 Å². The molecule has 1 N–H and O–H groups in total. The lowest BCUT2D eigenvalue weighted by atomic mass is 10.0. The van der Waals surface area contributed by atoms with Gasteiger partial charge in [0.2, 0.25) is 5.75 Å². The molecule has 130 valence electrons. The lowest BCUT2D eigenvalue weighted by Gasteiger charge is -2.42. The van der Waals surface area contributed by atoms with Crippen molar-refractivity contribution in [2.75, 3.05) is 47.6 Å². The average Bonchev–Trinajstić information content (AvgIpc) is 2.59. The second-order valence-corrected chi connectivity index (χ2v) is 6.34. The summed E-state index contributed by atoms with van der Waals surface area (Å²) in [5.74, 6) is 2.05. The third kappa shape index (κ3) is 4.30. The Balaban J connectivity index is 2.28. The van der Waals surface area contributed by atoms with Crippen LogP contribution in [-0.2, 0) is 6.54 Å². The third-order valence-corrected chi connectivity index (χ3v) is 4.80. The highest BCUT2D eigenvalue weighted by Gasteiger charge is 2.30. The molecule has 1 aromatic rings. The minimum Gasteiger partial charge on any atom is -0.493 e. The van der Waals surface area contributed by atoms with Gasteiger partial charge in [-0.25, -0.2) is 0 Å². The standard InChI is InChI=1S/C18H30NO4/c1-21-16-12-15(13-17(22-2)18(16)23-3)14-19(10-7-11-20)8-5-4-6-9-19/h12-13,20H,4-11,14H2,1-3H3/q+1. The fraction of sp³-hybridized carbons (Fsp3) is 0.667. The number of rotatable bonds is 8. The van der Waals surface area contributed by atoms with Gasteiger partial charge in [-0.1, -0.05) is 0 Å². The van der Waals surface area contributed by atoms with E-state index in [2.05, 4.69) is 12.1 Å². The molecule has 2 rings (SSSR count). The van der Waals surface area contributed by atoms with E-state index in [0.717, 1.165) is 24.0 Å². The zero-order chi connectivity index (χ0) is 16.7. The second-order valence-electron chi connectivity index (χ2n) is 6.34. The van der Waals surface area contributed by atoms with Crippen molar-refractivity contribution < 1.29 is 23.8 Å². The topological polar surface area (TPSA) is 47.9 Å². The van der Waals surface area contributed by atoms with Crippen LogP contribution >= 0.6 is 0 Å². The highest BCUT2D eigenvalue weighted by Crippen LogP contribution is 2.39. The maximum atomic E-state index is 9.24. The van der Waals surface area contributed by atoms with E-state index < -0.39 is 0 Å². The van der Waals surface area contributed by atoms with E-state index in [1.54, 1.807) is 21.3 Å². The Morgan fingerprint density at radius 3 is 2.04 bits per heavy atom. The van der Waals surface area contributed by atoms with E-state index in [4.69, 9.17) is 14.2 Å². The molecule has 0 bridgehead atoms. The van der Waals surface area contributed by atoms with Gasteiger partial charge in [-0.15, -0.1) is 0 Å². The van der Waals surface area contributed by atoms with Gasteiger partial charge in [0.1, 0.15) is 6.54 Å². The van der Waals surface area contributed by atoms with Gasteiger partial charge in [-0.05, 0) is 31.4 Å². The third-order valence-electron chi connectivity index (χ3n) is 4.80. The Kier molecular flexibility index (Phi) is 6.54. The first-order valence-corrected chi connectivity index (χ1v) is 8.43. The number of aliphatic hydroxyl groups is 1. The number of aliphatic hydroxyl groups excluding tert-OH is 1. The molecule has 1 fully saturated rings. The van der Waals surface area contributed by atoms with Crippen LogP contribution in [0.1, 0.15) is 31.2 Å². The summed E-state index contributed by atoms with van der Waals surface area (Å²) >= 11 is 0. The number of benzene rings is 1. The number of quaternary nitrogens is 1. The Morgan fingerprint density at radius 1 is 0.957 bits per heavy atom. The van der Waals surface area contributed by atoms with Gasteiger partial charge in [0.15, 0.2) is 11.5 Å². The van der Waals surface area contributed by atoms with Crippen molar-refractivity contribution in [2.24, 2.45) is 0 Å². The molecule has 5 heteroatoms. The number of nitrogens with zero attached hydrogens (tertiary/aromatic N) is 1. The number of likely N-dealkylation sites (tertiary alicyclic amines) is 1. The van der Waals surface area contributed by atoms with E-state index in [1.807, 2.05) is 0 Å². The summed E-state index contributed by atoms with van der Waals surface area (Å²) in [4.78, 5) is 0. The van der Waals surface area contributed by atoms with Gasteiger partial charge >= 0.3 is 0 Å². The monoisotopic (exact) mass is 324 g/mol. The van der Waals surface area contributed by atoms with E-state index in [-0.39, 0.29) is 6.61 Å². The van der Waals surface area contributed by atoms with E-state index >= 15 is 0 Å². The second kappa shape index (κ2) is 8.41. The van der Waals surface area contributed by atoms with Gasteiger partial charge in [0, 0.05) is 18.6 Å². The average molecular weight is 324 g/mol. The quantitative estimate of drug-likeness (QED) is 0.747. The van der Waals surface area contributed by atoms with Gasteiger partial charge in [-0.2, -0.15) is 0 Å². The zero-order valence-electron chi connectivity index (χ0n) is 14.6. The molecular formula is C18H30NO4+. The summed E-state index contributed by atoms with van der Waals surface area (Å²) in [7, 11) is 4.93. The zero-order valence-corrected chi connectivity index (χ0v) is 14.6. The molecular weight excluding hydrogens is 294 g/mol. The molecule has 0 atom stereocenters. The summed E-state index contributed by atoms with van der Waals surface area (Å²) in [6, 6.07) is 4.10. The van der Waals surface area contributed by atoms with Crippen LogP contribution in [0.25, 0.3) is 0 Å². The highest BCUT2D eigenvalue weighted by molar-refractivity contribution is 5.53. The predicted molar refractivity (Wildman–Crippen MR) is 90.2 cm³/mol. The van der Waals surface area contributed by atoms with E-state index in [1.165, 1.54) is 37.9 Å². The smallest absolute Gasteiger partial charge is 0.203 e. The molecule has 1 aliphatic heterocycles.